The third kappa shape index (κ3) is 3.07. The molecular weight excluding hydrogens is 314 g/mol. The van der Waals surface area contributed by atoms with Crippen LogP contribution >= 0.6 is 22.9 Å². The lowest BCUT2D eigenvalue weighted by molar-refractivity contribution is -0.164. The number of thiophene rings is 1. The summed E-state index contributed by atoms with van der Waals surface area (Å²) in [5, 5.41) is 11.8. The number of rotatable bonds is 4. The molecule has 21 heavy (non-hydrogen) atoms. The summed E-state index contributed by atoms with van der Waals surface area (Å²) in [5.41, 5.74) is -0.259. The molecule has 1 aliphatic carbocycles. The third-order valence-corrected chi connectivity index (χ3v) is 5.44. The second kappa shape index (κ2) is 5.59. The Morgan fingerprint density at radius 3 is 2.86 bits per heavy atom. The zero-order valence-electron chi connectivity index (χ0n) is 11.3. The number of hydrogen-bond donors (Lipinski definition) is 2. The van der Waals surface area contributed by atoms with Gasteiger partial charge in [0.1, 0.15) is 0 Å². The van der Waals surface area contributed by atoms with Crippen molar-refractivity contribution in [2.45, 2.75) is 37.4 Å². The summed E-state index contributed by atoms with van der Waals surface area (Å²) < 4.78 is 6.54. The summed E-state index contributed by atoms with van der Waals surface area (Å²) in [5.74, 6) is -1.16. The Morgan fingerprint density at radius 1 is 1.48 bits per heavy atom. The van der Waals surface area contributed by atoms with Crippen LogP contribution in [0.3, 0.4) is 0 Å². The summed E-state index contributed by atoms with van der Waals surface area (Å²) in [6.45, 7) is 0.452. The molecule has 1 aromatic rings. The van der Waals surface area contributed by atoms with E-state index in [4.69, 9.17) is 21.4 Å². The summed E-state index contributed by atoms with van der Waals surface area (Å²) in [4.78, 5) is 23.3. The maximum Gasteiger partial charge on any atom is 0.306 e. The quantitative estimate of drug-likeness (QED) is 0.890. The van der Waals surface area contributed by atoms with Gasteiger partial charge in [0.05, 0.1) is 26.8 Å². The van der Waals surface area contributed by atoms with E-state index < -0.39 is 5.97 Å². The molecular formula is C14H16ClNO4S. The standard InChI is InChI=1S/C14H16ClNO4S/c15-11-2-1-10(21-11)12(17)16-7-9-3-4-14(20-9)5-8(6-14)13(18)19/h1-2,8-9H,3-7H2,(H,16,17)(H,18,19). The number of halogens is 1. The van der Waals surface area contributed by atoms with Crippen LogP contribution in [0.1, 0.15) is 35.4 Å². The Bertz CT molecular complexity index is 567. The van der Waals surface area contributed by atoms with Crippen molar-refractivity contribution in [1.29, 1.82) is 0 Å². The average molecular weight is 330 g/mol. The first-order valence-electron chi connectivity index (χ1n) is 6.92. The molecule has 5 nitrogen and oxygen atoms in total. The van der Waals surface area contributed by atoms with Gasteiger partial charge < -0.3 is 15.2 Å². The second-order valence-corrected chi connectivity index (χ2v) is 7.43. The summed E-state index contributed by atoms with van der Waals surface area (Å²) in [7, 11) is 0. The van der Waals surface area contributed by atoms with Gasteiger partial charge in [0.15, 0.2) is 0 Å². The van der Waals surface area contributed by atoms with E-state index in [1.54, 1.807) is 12.1 Å². The number of carbonyl (C=O) groups is 2. The Morgan fingerprint density at radius 2 is 2.24 bits per heavy atom. The molecule has 3 rings (SSSR count). The molecule has 2 N–H and O–H groups in total. The van der Waals surface area contributed by atoms with Crippen molar-refractivity contribution < 1.29 is 19.4 Å². The molecule has 1 atom stereocenters. The monoisotopic (exact) mass is 329 g/mol. The fraction of sp³-hybridized carbons (Fsp3) is 0.571. The normalized spacial score (nSPS) is 31.1. The molecule has 2 heterocycles. The average Bonchev–Trinajstić information content (AvgIpc) is 3.00. The molecule has 0 radical (unpaired) electrons. The van der Waals surface area contributed by atoms with E-state index in [2.05, 4.69) is 5.32 Å². The van der Waals surface area contributed by atoms with E-state index in [1.807, 2.05) is 0 Å². The highest BCUT2D eigenvalue weighted by molar-refractivity contribution is 7.17. The molecule has 1 saturated heterocycles. The highest BCUT2D eigenvalue weighted by Crippen LogP contribution is 2.49. The zero-order chi connectivity index (χ0) is 15.0. The largest absolute Gasteiger partial charge is 0.481 e. The van der Waals surface area contributed by atoms with E-state index in [0.717, 1.165) is 12.8 Å². The lowest BCUT2D eigenvalue weighted by atomic mass is 9.69. The molecule has 1 saturated carbocycles. The van der Waals surface area contributed by atoms with Crippen LogP contribution in [0.15, 0.2) is 12.1 Å². The van der Waals surface area contributed by atoms with Crippen LogP contribution in [0.2, 0.25) is 4.34 Å². The van der Waals surface area contributed by atoms with Gasteiger partial charge >= 0.3 is 5.97 Å². The van der Waals surface area contributed by atoms with Crippen molar-refractivity contribution in [3.63, 3.8) is 0 Å². The molecule has 2 aliphatic rings. The molecule has 2 fully saturated rings. The summed E-state index contributed by atoms with van der Waals surface area (Å²) >= 11 is 7.05. The number of hydrogen-bond acceptors (Lipinski definition) is 4. The van der Waals surface area contributed by atoms with Crippen molar-refractivity contribution in [3.8, 4) is 0 Å². The maximum atomic E-state index is 11.9. The number of aliphatic carboxylic acids is 1. The van der Waals surface area contributed by atoms with Gasteiger partial charge in [-0.3, -0.25) is 9.59 Å². The molecule has 1 spiro atoms. The second-order valence-electron chi connectivity index (χ2n) is 5.72. The van der Waals surface area contributed by atoms with Gasteiger partial charge in [-0.05, 0) is 37.8 Å². The molecule has 1 aliphatic heterocycles. The number of carbonyl (C=O) groups excluding carboxylic acids is 1. The first-order valence-corrected chi connectivity index (χ1v) is 8.11. The number of nitrogens with one attached hydrogen (secondary N) is 1. The van der Waals surface area contributed by atoms with E-state index >= 15 is 0 Å². The van der Waals surface area contributed by atoms with Gasteiger partial charge in [0, 0.05) is 6.54 Å². The number of carboxylic acids is 1. The van der Waals surface area contributed by atoms with Crippen molar-refractivity contribution >= 4 is 34.8 Å². The van der Waals surface area contributed by atoms with E-state index in [1.165, 1.54) is 11.3 Å². The van der Waals surface area contributed by atoms with Crippen LogP contribution in [0.25, 0.3) is 0 Å². The first kappa shape index (κ1) is 14.8. The van der Waals surface area contributed by atoms with Gasteiger partial charge in [-0.1, -0.05) is 11.6 Å². The lowest BCUT2D eigenvalue weighted by Crippen LogP contribution is -2.47. The molecule has 1 aromatic heterocycles. The van der Waals surface area contributed by atoms with Gasteiger partial charge in [-0.2, -0.15) is 0 Å². The highest BCUT2D eigenvalue weighted by Gasteiger charge is 2.52. The van der Waals surface area contributed by atoms with Crippen LogP contribution in [0.5, 0.6) is 0 Å². The van der Waals surface area contributed by atoms with Gasteiger partial charge in [0.25, 0.3) is 5.91 Å². The van der Waals surface area contributed by atoms with Crippen LogP contribution in [0.4, 0.5) is 0 Å². The van der Waals surface area contributed by atoms with E-state index in [9.17, 15) is 9.59 Å². The minimum Gasteiger partial charge on any atom is -0.481 e. The lowest BCUT2D eigenvalue weighted by Gasteiger charge is -2.42. The minimum atomic E-state index is -0.740. The summed E-state index contributed by atoms with van der Waals surface area (Å²) in [6.07, 6.45) is 2.89. The van der Waals surface area contributed by atoms with Crippen molar-refractivity contribution in [2.75, 3.05) is 6.54 Å². The Balaban J connectivity index is 1.46. The number of amides is 1. The number of carboxylic acid groups (broad SMARTS) is 1. The van der Waals surface area contributed by atoms with Crippen molar-refractivity contribution in [3.05, 3.63) is 21.3 Å². The molecule has 0 aromatic carbocycles. The van der Waals surface area contributed by atoms with Crippen LogP contribution < -0.4 is 5.32 Å². The zero-order valence-corrected chi connectivity index (χ0v) is 12.9. The predicted octanol–water partition coefficient (Wildman–Crippen LogP) is 2.54. The predicted molar refractivity (Wildman–Crippen MR) is 78.9 cm³/mol. The number of ether oxygens (including phenoxy) is 1. The maximum absolute atomic E-state index is 11.9. The van der Waals surface area contributed by atoms with Crippen molar-refractivity contribution in [2.24, 2.45) is 5.92 Å². The SMILES string of the molecule is O=C(NCC1CCC2(CC(C(=O)O)C2)O1)c1ccc(Cl)s1. The molecule has 114 valence electrons. The van der Waals surface area contributed by atoms with Gasteiger partial charge in [-0.15, -0.1) is 11.3 Å². The van der Waals surface area contributed by atoms with Crippen molar-refractivity contribution in [1.82, 2.24) is 5.32 Å². The smallest absolute Gasteiger partial charge is 0.306 e. The van der Waals surface area contributed by atoms with Crippen LogP contribution in [-0.4, -0.2) is 35.2 Å². The first-order chi connectivity index (χ1) is 9.97. The van der Waals surface area contributed by atoms with E-state index in [-0.39, 0.29) is 23.5 Å². The fourth-order valence-electron chi connectivity index (χ4n) is 3.08. The van der Waals surface area contributed by atoms with Gasteiger partial charge in [-0.25, -0.2) is 0 Å². The fourth-order valence-corrected chi connectivity index (χ4v) is 4.04. The van der Waals surface area contributed by atoms with Crippen LogP contribution in [-0.2, 0) is 9.53 Å². The van der Waals surface area contributed by atoms with Gasteiger partial charge in [0.2, 0.25) is 0 Å². The Labute approximate surface area is 131 Å². The molecule has 1 unspecified atom stereocenters. The molecule has 0 bridgehead atoms. The highest BCUT2D eigenvalue weighted by atomic mass is 35.5. The molecule has 7 heteroatoms. The summed E-state index contributed by atoms with van der Waals surface area (Å²) in [6, 6.07) is 3.39. The Kier molecular flexibility index (Phi) is 3.94. The Hall–Kier alpha value is -1.11. The third-order valence-electron chi connectivity index (χ3n) is 4.21. The topological polar surface area (TPSA) is 75.6 Å². The van der Waals surface area contributed by atoms with E-state index in [0.29, 0.717) is 28.6 Å². The van der Waals surface area contributed by atoms with Crippen LogP contribution in [0, 0.1) is 5.92 Å². The molecule has 1 amide bonds. The minimum absolute atomic E-state index is 0.0286.